The smallest absolute Gasteiger partial charge is 0.0604 e. The largest absolute Gasteiger partial charge is 0.371 e. The van der Waals surface area contributed by atoms with Gasteiger partial charge in [-0.2, -0.15) is 0 Å². The first-order valence-electron chi connectivity index (χ1n) is 8.24. The van der Waals surface area contributed by atoms with Crippen LogP contribution in [-0.2, 0) is 0 Å². The summed E-state index contributed by atoms with van der Waals surface area (Å²) in [6, 6.07) is 9.34. The molecule has 0 saturated heterocycles. The third-order valence-corrected chi connectivity index (χ3v) is 4.70. The molecule has 1 heterocycles. The van der Waals surface area contributed by atoms with Crippen molar-refractivity contribution in [2.24, 2.45) is 5.41 Å². The van der Waals surface area contributed by atoms with E-state index in [1.807, 2.05) is 0 Å². The van der Waals surface area contributed by atoms with E-state index < -0.39 is 0 Å². The van der Waals surface area contributed by atoms with E-state index in [4.69, 9.17) is 0 Å². The number of para-hydroxylation sites is 2. The Balaban J connectivity index is 2.13. The molecule has 0 bridgehead atoms. The number of anilines is 2. The Morgan fingerprint density at radius 2 is 1.86 bits per heavy atom. The summed E-state index contributed by atoms with van der Waals surface area (Å²) in [5.74, 6) is 0. The highest BCUT2D eigenvalue weighted by atomic mass is 15.3. The van der Waals surface area contributed by atoms with E-state index in [9.17, 15) is 0 Å². The predicted octanol–water partition coefficient (Wildman–Crippen LogP) is 3.36. The van der Waals surface area contributed by atoms with Gasteiger partial charge in [0, 0.05) is 39.3 Å². The first-order valence-corrected chi connectivity index (χ1v) is 8.24. The van der Waals surface area contributed by atoms with Gasteiger partial charge in [0.25, 0.3) is 0 Å². The van der Waals surface area contributed by atoms with Crippen molar-refractivity contribution in [3.05, 3.63) is 24.3 Å². The summed E-state index contributed by atoms with van der Waals surface area (Å²) < 4.78 is 0. The summed E-state index contributed by atoms with van der Waals surface area (Å²) in [6.07, 6.45) is 1.20. The number of nitrogens with zero attached hydrogens (tertiary/aromatic N) is 2. The minimum Gasteiger partial charge on any atom is -0.371 e. The Bertz CT molecular complexity index is 458. The number of fused-ring (bicyclic) bond motifs is 1. The summed E-state index contributed by atoms with van der Waals surface area (Å²) >= 11 is 0. The summed E-state index contributed by atoms with van der Waals surface area (Å²) in [6.45, 7) is 13.6. The van der Waals surface area contributed by atoms with E-state index in [0.717, 1.165) is 26.2 Å². The molecule has 3 heteroatoms. The van der Waals surface area contributed by atoms with Crippen molar-refractivity contribution < 1.29 is 0 Å². The fraction of sp³-hybridized carbons (Fsp3) is 0.667. The lowest BCUT2D eigenvalue weighted by Gasteiger charge is -2.42. The van der Waals surface area contributed by atoms with Gasteiger partial charge in [-0.15, -0.1) is 0 Å². The molecule has 2 rings (SSSR count). The average molecular weight is 289 g/mol. The fourth-order valence-electron chi connectivity index (χ4n) is 2.93. The van der Waals surface area contributed by atoms with Gasteiger partial charge < -0.3 is 15.1 Å². The Labute approximate surface area is 130 Å². The van der Waals surface area contributed by atoms with Crippen LogP contribution >= 0.6 is 0 Å². The molecule has 3 nitrogen and oxygen atoms in total. The third-order valence-electron chi connectivity index (χ3n) is 4.70. The van der Waals surface area contributed by atoms with E-state index in [2.05, 4.69) is 74.1 Å². The normalized spacial score (nSPS) is 17.8. The van der Waals surface area contributed by atoms with Crippen LogP contribution in [0.5, 0.6) is 0 Å². The van der Waals surface area contributed by atoms with Gasteiger partial charge in [-0.1, -0.05) is 39.8 Å². The number of likely N-dealkylation sites (N-methyl/N-ethyl adjacent to an activating group) is 1. The number of rotatable bonds is 6. The van der Waals surface area contributed by atoms with E-state index >= 15 is 0 Å². The van der Waals surface area contributed by atoms with E-state index in [-0.39, 0.29) is 0 Å². The Hall–Kier alpha value is -1.22. The highest BCUT2D eigenvalue weighted by molar-refractivity contribution is 5.73. The SMILES string of the molecule is CCC(C)(CNC(C)C)CN1CCN(C)c2ccccc21. The van der Waals surface area contributed by atoms with Crippen molar-refractivity contribution in [1.82, 2.24) is 5.32 Å². The van der Waals surface area contributed by atoms with Crippen molar-refractivity contribution in [2.75, 3.05) is 43.0 Å². The minimum absolute atomic E-state index is 0.313. The summed E-state index contributed by atoms with van der Waals surface area (Å²) in [4.78, 5) is 4.93. The van der Waals surface area contributed by atoms with Gasteiger partial charge >= 0.3 is 0 Å². The van der Waals surface area contributed by atoms with Crippen molar-refractivity contribution in [2.45, 2.75) is 40.2 Å². The van der Waals surface area contributed by atoms with Gasteiger partial charge in [-0.25, -0.2) is 0 Å². The molecule has 0 amide bonds. The Morgan fingerprint density at radius 1 is 1.19 bits per heavy atom. The molecule has 1 atom stereocenters. The van der Waals surface area contributed by atoms with Crippen LogP contribution in [0.1, 0.15) is 34.1 Å². The van der Waals surface area contributed by atoms with Gasteiger partial charge in [0.1, 0.15) is 0 Å². The first-order chi connectivity index (χ1) is 9.95. The van der Waals surface area contributed by atoms with E-state index in [1.54, 1.807) is 0 Å². The van der Waals surface area contributed by atoms with E-state index in [1.165, 1.54) is 17.8 Å². The standard InChI is InChI=1S/C18H31N3/c1-6-18(4,13-19-15(2)3)14-21-12-11-20(5)16-9-7-8-10-17(16)21/h7-10,15,19H,6,11-14H2,1-5H3. The zero-order chi connectivity index (χ0) is 15.5. The third kappa shape index (κ3) is 3.91. The molecule has 1 aromatic carbocycles. The molecule has 0 fully saturated rings. The van der Waals surface area contributed by atoms with Gasteiger partial charge in [-0.05, 0) is 24.0 Å². The maximum atomic E-state index is 3.62. The summed E-state index contributed by atoms with van der Waals surface area (Å²) in [7, 11) is 2.19. The zero-order valence-electron chi connectivity index (χ0n) is 14.3. The van der Waals surface area contributed by atoms with Crippen LogP contribution in [0.2, 0.25) is 0 Å². The van der Waals surface area contributed by atoms with Crippen LogP contribution in [0.15, 0.2) is 24.3 Å². The highest BCUT2D eigenvalue weighted by Crippen LogP contribution is 2.34. The van der Waals surface area contributed by atoms with Crippen LogP contribution < -0.4 is 15.1 Å². The molecule has 0 aliphatic carbocycles. The van der Waals surface area contributed by atoms with Crippen molar-refractivity contribution >= 4 is 11.4 Å². The highest BCUT2D eigenvalue weighted by Gasteiger charge is 2.28. The number of benzene rings is 1. The molecular weight excluding hydrogens is 258 g/mol. The molecule has 0 spiro atoms. The second-order valence-electron chi connectivity index (χ2n) is 7.03. The Morgan fingerprint density at radius 3 is 2.48 bits per heavy atom. The van der Waals surface area contributed by atoms with Gasteiger partial charge in [-0.3, -0.25) is 0 Å². The Kier molecular flexibility index (Phi) is 5.15. The van der Waals surface area contributed by atoms with Crippen LogP contribution in [0.25, 0.3) is 0 Å². The first kappa shape index (κ1) is 16.2. The van der Waals surface area contributed by atoms with Crippen LogP contribution in [0, 0.1) is 5.41 Å². The summed E-state index contributed by atoms with van der Waals surface area (Å²) in [5.41, 5.74) is 3.06. The van der Waals surface area contributed by atoms with Gasteiger partial charge in [0.05, 0.1) is 11.4 Å². The molecule has 1 N–H and O–H groups in total. The predicted molar refractivity (Wildman–Crippen MR) is 93.5 cm³/mol. The minimum atomic E-state index is 0.313. The molecular formula is C18H31N3. The quantitative estimate of drug-likeness (QED) is 0.866. The topological polar surface area (TPSA) is 18.5 Å². The van der Waals surface area contributed by atoms with Crippen molar-refractivity contribution in [3.8, 4) is 0 Å². The molecule has 0 radical (unpaired) electrons. The molecule has 1 aliphatic heterocycles. The lowest BCUT2D eigenvalue weighted by Crippen LogP contribution is -2.47. The second kappa shape index (κ2) is 6.69. The molecule has 21 heavy (non-hydrogen) atoms. The number of nitrogens with one attached hydrogen (secondary N) is 1. The lowest BCUT2D eigenvalue weighted by atomic mass is 9.86. The second-order valence-corrected chi connectivity index (χ2v) is 7.03. The zero-order valence-corrected chi connectivity index (χ0v) is 14.3. The van der Waals surface area contributed by atoms with Crippen molar-refractivity contribution in [3.63, 3.8) is 0 Å². The molecule has 118 valence electrons. The molecule has 0 saturated carbocycles. The van der Waals surface area contributed by atoms with Gasteiger partial charge in [0.2, 0.25) is 0 Å². The lowest BCUT2D eigenvalue weighted by molar-refractivity contribution is 0.285. The van der Waals surface area contributed by atoms with E-state index in [0.29, 0.717) is 11.5 Å². The summed E-state index contributed by atoms with van der Waals surface area (Å²) in [5, 5.41) is 3.62. The maximum Gasteiger partial charge on any atom is 0.0604 e. The van der Waals surface area contributed by atoms with Crippen LogP contribution in [-0.4, -0.2) is 39.3 Å². The number of hydrogen-bond donors (Lipinski definition) is 1. The molecule has 1 aromatic rings. The van der Waals surface area contributed by atoms with Crippen LogP contribution in [0.3, 0.4) is 0 Å². The molecule has 0 aromatic heterocycles. The maximum absolute atomic E-state index is 3.62. The van der Waals surface area contributed by atoms with Crippen molar-refractivity contribution in [1.29, 1.82) is 0 Å². The number of hydrogen-bond acceptors (Lipinski definition) is 3. The monoisotopic (exact) mass is 289 g/mol. The fourth-order valence-corrected chi connectivity index (χ4v) is 2.93. The van der Waals surface area contributed by atoms with Gasteiger partial charge in [0.15, 0.2) is 0 Å². The average Bonchev–Trinajstić information content (AvgIpc) is 2.48. The van der Waals surface area contributed by atoms with Crippen LogP contribution in [0.4, 0.5) is 11.4 Å². The molecule has 1 unspecified atom stereocenters. The molecule has 1 aliphatic rings.